The molecule has 0 radical (unpaired) electrons. The highest BCUT2D eigenvalue weighted by atomic mass is 32.1. The molecule has 0 rings (SSSR count). The topological polar surface area (TPSA) is 72.8 Å². The molecule has 0 aromatic carbocycles. The lowest BCUT2D eigenvalue weighted by Gasteiger charge is -2.07. The Morgan fingerprint density at radius 3 is 1.53 bits per heavy atom. The van der Waals surface area contributed by atoms with Crippen LogP contribution < -0.4 is 21.5 Å². The monoisotopic (exact) mass is 302 g/mol. The lowest BCUT2D eigenvalue weighted by Crippen LogP contribution is -2.33. The van der Waals surface area contributed by atoms with Crippen molar-refractivity contribution in [3.8, 4) is 0 Å². The predicted molar refractivity (Wildman–Crippen MR) is 89.7 cm³/mol. The molecule has 108 valence electrons. The van der Waals surface area contributed by atoms with Crippen molar-refractivity contribution >= 4 is 46.1 Å². The lowest BCUT2D eigenvalue weighted by molar-refractivity contribution is 0.893. The van der Waals surface area contributed by atoms with E-state index in [0.29, 0.717) is 16.6 Å². The second-order valence-corrected chi connectivity index (χ2v) is 4.63. The zero-order valence-electron chi connectivity index (χ0n) is 11.8. The molecule has 0 saturated carbocycles. The van der Waals surface area contributed by atoms with Gasteiger partial charge in [0, 0.05) is 30.9 Å². The SMILES string of the molecule is CCNC(=S)N/N=C(\C)C/C(C)=N/NC(=S)NCC. The first-order valence-electron chi connectivity index (χ1n) is 6.13. The highest BCUT2D eigenvalue weighted by Crippen LogP contribution is 1.89. The summed E-state index contributed by atoms with van der Waals surface area (Å²) < 4.78 is 0. The van der Waals surface area contributed by atoms with Gasteiger partial charge in [0.25, 0.3) is 0 Å². The van der Waals surface area contributed by atoms with Crippen molar-refractivity contribution < 1.29 is 0 Å². The van der Waals surface area contributed by atoms with Gasteiger partial charge in [-0.05, 0) is 52.1 Å². The average molecular weight is 302 g/mol. The fraction of sp³-hybridized carbons (Fsp3) is 0.636. The second-order valence-electron chi connectivity index (χ2n) is 3.81. The van der Waals surface area contributed by atoms with Crippen molar-refractivity contribution in [2.75, 3.05) is 13.1 Å². The van der Waals surface area contributed by atoms with Gasteiger partial charge in [0.2, 0.25) is 0 Å². The predicted octanol–water partition coefficient (Wildman–Crippen LogP) is 1.10. The first-order chi connectivity index (χ1) is 8.99. The van der Waals surface area contributed by atoms with Gasteiger partial charge < -0.3 is 10.6 Å². The zero-order chi connectivity index (χ0) is 14.7. The Labute approximate surface area is 125 Å². The molecule has 0 aromatic rings. The number of hydrazone groups is 2. The van der Waals surface area contributed by atoms with Gasteiger partial charge in [-0.2, -0.15) is 10.2 Å². The summed E-state index contributed by atoms with van der Waals surface area (Å²) in [7, 11) is 0. The van der Waals surface area contributed by atoms with Crippen molar-refractivity contribution in [2.24, 2.45) is 10.2 Å². The van der Waals surface area contributed by atoms with Gasteiger partial charge in [0.05, 0.1) is 0 Å². The highest BCUT2D eigenvalue weighted by Gasteiger charge is 1.98. The van der Waals surface area contributed by atoms with Crippen LogP contribution >= 0.6 is 24.4 Å². The molecule has 0 aromatic heterocycles. The largest absolute Gasteiger partial charge is 0.362 e. The van der Waals surface area contributed by atoms with E-state index in [2.05, 4.69) is 31.7 Å². The van der Waals surface area contributed by atoms with Crippen LogP contribution in [0, 0.1) is 0 Å². The maximum Gasteiger partial charge on any atom is 0.186 e. The fourth-order valence-corrected chi connectivity index (χ4v) is 1.52. The van der Waals surface area contributed by atoms with Crippen molar-refractivity contribution in [2.45, 2.75) is 34.1 Å². The number of nitrogens with one attached hydrogen (secondary N) is 4. The number of hydrogen-bond donors (Lipinski definition) is 4. The first kappa shape index (κ1) is 17.7. The number of thiocarbonyl (C=S) groups is 2. The Morgan fingerprint density at radius 1 is 0.842 bits per heavy atom. The summed E-state index contributed by atoms with van der Waals surface area (Å²) in [6, 6.07) is 0. The Kier molecular flexibility index (Phi) is 9.91. The number of rotatable bonds is 6. The molecule has 0 unspecified atom stereocenters. The smallest absolute Gasteiger partial charge is 0.186 e. The minimum Gasteiger partial charge on any atom is -0.362 e. The fourth-order valence-electron chi connectivity index (χ4n) is 1.14. The van der Waals surface area contributed by atoms with Gasteiger partial charge >= 0.3 is 0 Å². The maximum atomic E-state index is 5.00. The lowest BCUT2D eigenvalue weighted by atomic mass is 10.2. The summed E-state index contributed by atoms with van der Waals surface area (Å²) in [4.78, 5) is 0. The van der Waals surface area contributed by atoms with Crippen LogP contribution in [0.2, 0.25) is 0 Å². The van der Waals surface area contributed by atoms with E-state index in [1.165, 1.54) is 0 Å². The van der Waals surface area contributed by atoms with E-state index in [4.69, 9.17) is 24.4 Å². The van der Waals surface area contributed by atoms with Gasteiger partial charge in [-0.25, -0.2) is 0 Å². The van der Waals surface area contributed by atoms with Crippen LogP contribution in [0.5, 0.6) is 0 Å². The molecule has 8 heteroatoms. The molecule has 6 nitrogen and oxygen atoms in total. The van der Waals surface area contributed by atoms with Crippen LogP contribution in [0.15, 0.2) is 10.2 Å². The van der Waals surface area contributed by atoms with E-state index in [1.54, 1.807) is 0 Å². The molecule has 0 heterocycles. The third kappa shape index (κ3) is 10.3. The van der Waals surface area contributed by atoms with E-state index in [-0.39, 0.29) is 0 Å². The van der Waals surface area contributed by atoms with Crippen LogP contribution in [0.3, 0.4) is 0 Å². The molecular formula is C11H22N6S2. The van der Waals surface area contributed by atoms with Crippen LogP contribution in [0.4, 0.5) is 0 Å². The van der Waals surface area contributed by atoms with E-state index < -0.39 is 0 Å². The van der Waals surface area contributed by atoms with Crippen LogP contribution in [0.1, 0.15) is 34.1 Å². The molecule has 0 saturated heterocycles. The molecular weight excluding hydrogens is 280 g/mol. The van der Waals surface area contributed by atoms with E-state index >= 15 is 0 Å². The highest BCUT2D eigenvalue weighted by molar-refractivity contribution is 7.80. The molecule has 0 atom stereocenters. The van der Waals surface area contributed by atoms with Crippen LogP contribution in [-0.2, 0) is 0 Å². The van der Waals surface area contributed by atoms with Gasteiger partial charge in [0.15, 0.2) is 10.2 Å². The van der Waals surface area contributed by atoms with Crippen molar-refractivity contribution in [1.29, 1.82) is 0 Å². The molecule has 0 aliphatic rings. The molecule has 19 heavy (non-hydrogen) atoms. The summed E-state index contributed by atoms with van der Waals surface area (Å²) in [5, 5.41) is 15.2. The minimum absolute atomic E-state index is 0.517. The van der Waals surface area contributed by atoms with Crippen LogP contribution in [-0.4, -0.2) is 34.7 Å². The molecule has 0 amide bonds. The third-order valence-electron chi connectivity index (χ3n) is 1.88. The summed E-state index contributed by atoms with van der Waals surface area (Å²) in [6.45, 7) is 9.30. The maximum absolute atomic E-state index is 5.00. The molecule has 0 fully saturated rings. The Bertz CT molecular complexity index is 330. The Morgan fingerprint density at radius 2 is 1.21 bits per heavy atom. The summed E-state index contributed by atoms with van der Waals surface area (Å²) in [5.41, 5.74) is 7.31. The molecule has 0 spiro atoms. The summed E-state index contributed by atoms with van der Waals surface area (Å²) in [6.07, 6.45) is 0.642. The third-order valence-corrected chi connectivity index (χ3v) is 2.35. The van der Waals surface area contributed by atoms with Crippen LogP contribution in [0.25, 0.3) is 0 Å². The number of nitrogens with zero attached hydrogens (tertiary/aromatic N) is 2. The summed E-state index contributed by atoms with van der Waals surface area (Å²) in [5.74, 6) is 0. The average Bonchev–Trinajstić information content (AvgIpc) is 2.35. The minimum atomic E-state index is 0.517. The van der Waals surface area contributed by atoms with E-state index in [1.807, 2.05) is 27.7 Å². The van der Waals surface area contributed by atoms with E-state index in [9.17, 15) is 0 Å². The first-order valence-corrected chi connectivity index (χ1v) is 6.95. The summed E-state index contributed by atoms with van der Waals surface area (Å²) >= 11 is 10.0. The van der Waals surface area contributed by atoms with Gasteiger partial charge in [-0.1, -0.05) is 0 Å². The molecule has 4 N–H and O–H groups in total. The zero-order valence-corrected chi connectivity index (χ0v) is 13.5. The quantitative estimate of drug-likeness (QED) is 0.334. The Balaban J connectivity index is 4.12. The molecule has 0 aliphatic carbocycles. The van der Waals surface area contributed by atoms with Crippen molar-refractivity contribution in [3.05, 3.63) is 0 Å². The molecule has 0 bridgehead atoms. The van der Waals surface area contributed by atoms with Gasteiger partial charge in [0.1, 0.15) is 0 Å². The second kappa shape index (κ2) is 10.6. The van der Waals surface area contributed by atoms with E-state index in [0.717, 1.165) is 24.5 Å². The molecule has 0 aliphatic heterocycles. The number of hydrogen-bond acceptors (Lipinski definition) is 4. The van der Waals surface area contributed by atoms with Crippen molar-refractivity contribution in [3.63, 3.8) is 0 Å². The van der Waals surface area contributed by atoms with Gasteiger partial charge in [-0.3, -0.25) is 10.9 Å². The normalized spacial score (nSPS) is 11.8. The van der Waals surface area contributed by atoms with Crippen molar-refractivity contribution in [1.82, 2.24) is 21.5 Å². The standard InChI is InChI=1S/C11H22N6S2/c1-5-12-10(18)16-14-8(3)7-9(4)15-17-11(19)13-6-2/h5-7H2,1-4H3,(H2,12,16,18)(H2,13,17,19)/b14-8+,15-9+. The Hall–Kier alpha value is -1.28. The van der Waals surface area contributed by atoms with Gasteiger partial charge in [-0.15, -0.1) is 0 Å².